The fourth-order valence-corrected chi connectivity index (χ4v) is 4.20. The van der Waals surface area contributed by atoms with Gasteiger partial charge >= 0.3 is 0 Å². The highest BCUT2D eigenvalue weighted by atomic mass is 35.5. The van der Waals surface area contributed by atoms with Gasteiger partial charge in [0.15, 0.2) is 11.6 Å². The number of ether oxygens (including phenoxy) is 1. The molecule has 1 aliphatic heterocycles. The molecule has 0 saturated carbocycles. The lowest BCUT2D eigenvalue weighted by Gasteiger charge is -2.26. The van der Waals surface area contributed by atoms with Crippen molar-refractivity contribution in [2.75, 3.05) is 17.3 Å². The molecule has 1 unspecified atom stereocenters. The van der Waals surface area contributed by atoms with Crippen molar-refractivity contribution in [3.63, 3.8) is 0 Å². The predicted octanol–water partition coefficient (Wildman–Crippen LogP) is 5.10. The van der Waals surface area contributed by atoms with Gasteiger partial charge in [0.25, 0.3) is 0 Å². The highest BCUT2D eigenvalue weighted by Crippen LogP contribution is 2.45. The molecule has 1 saturated heterocycles. The summed E-state index contributed by atoms with van der Waals surface area (Å²) in [6.45, 7) is 3.83. The van der Waals surface area contributed by atoms with E-state index in [-0.39, 0.29) is 22.4 Å². The summed E-state index contributed by atoms with van der Waals surface area (Å²) in [5, 5.41) is -0.330. The molecule has 7 heteroatoms. The number of aryl methyl sites for hydroxylation is 1. The van der Waals surface area contributed by atoms with Gasteiger partial charge in [0.2, 0.25) is 5.91 Å². The molecule has 2 aromatic carbocycles. The summed E-state index contributed by atoms with van der Waals surface area (Å²) >= 11 is 7.49. The average molecular weight is 384 g/mol. The van der Waals surface area contributed by atoms with E-state index in [4.69, 9.17) is 16.3 Å². The van der Waals surface area contributed by atoms with Gasteiger partial charge in [-0.15, -0.1) is 11.8 Å². The summed E-state index contributed by atoms with van der Waals surface area (Å²) in [6, 6.07) is 7.18. The van der Waals surface area contributed by atoms with Crippen molar-refractivity contribution >= 4 is 35.0 Å². The first kappa shape index (κ1) is 18.0. The molecule has 0 N–H and O–H groups in total. The van der Waals surface area contributed by atoms with Crippen LogP contribution in [0.5, 0.6) is 5.75 Å². The third kappa shape index (κ3) is 3.46. The molecule has 0 aliphatic carbocycles. The lowest BCUT2D eigenvalue weighted by molar-refractivity contribution is -0.115. The maximum absolute atomic E-state index is 14.3. The van der Waals surface area contributed by atoms with Crippen molar-refractivity contribution in [2.24, 2.45) is 0 Å². The molecule has 1 atom stereocenters. The molecule has 1 heterocycles. The maximum Gasteiger partial charge on any atom is 0.238 e. The Kier molecular flexibility index (Phi) is 5.20. The van der Waals surface area contributed by atoms with E-state index in [1.807, 2.05) is 0 Å². The molecular formula is C18H16ClF2NO2S. The molecule has 1 aliphatic rings. The molecule has 3 rings (SSSR count). The fourth-order valence-electron chi connectivity index (χ4n) is 2.78. The van der Waals surface area contributed by atoms with E-state index in [0.717, 1.165) is 5.56 Å². The normalized spacial score (nSPS) is 17.2. The van der Waals surface area contributed by atoms with E-state index in [1.165, 1.54) is 34.9 Å². The summed E-state index contributed by atoms with van der Waals surface area (Å²) in [7, 11) is 0. The minimum atomic E-state index is -0.583. The first-order valence-corrected chi connectivity index (χ1v) is 9.16. The Hall–Kier alpha value is -1.79. The number of hydrogen-bond acceptors (Lipinski definition) is 3. The molecule has 3 nitrogen and oxygen atoms in total. The zero-order valence-electron chi connectivity index (χ0n) is 13.7. The van der Waals surface area contributed by atoms with Crippen LogP contribution in [0.15, 0.2) is 30.3 Å². The van der Waals surface area contributed by atoms with Crippen LogP contribution >= 0.6 is 23.4 Å². The summed E-state index contributed by atoms with van der Waals surface area (Å²) in [4.78, 5) is 13.9. The quantitative estimate of drug-likeness (QED) is 0.735. The zero-order valence-corrected chi connectivity index (χ0v) is 15.3. The molecule has 25 heavy (non-hydrogen) atoms. The third-order valence-electron chi connectivity index (χ3n) is 3.89. The molecule has 132 valence electrons. The number of thioether (sulfide) groups is 1. The van der Waals surface area contributed by atoms with E-state index in [9.17, 15) is 13.6 Å². The van der Waals surface area contributed by atoms with Gasteiger partial charge in [-0.2, -0.15) is 0 Å². The Morgan fingerprint density at radius 1 is 1.32 bits per heavy atom. The second kappa shape index (κ2) is 7.22. The summed E-state index contributed by atoms with van der Waals surface area (Å²) in [5.41, 5.74) is 1.77. The van der Waals surface area contributed by atoms with Crippen molar-refractivity contribution in [2.45, 2.75) is 19.2 Å². The lowest BCUT2D eigenvalue weighted by Crippen LogP contribution is -2.28. The number of nitrogens with zero attached hydrogens (tertiary/aromatic N) is 1. The number of halogens is 3. The first-order chi connectivity index (χ1) is 11.9. The van der Waals surface area contributed by atoms with Crippen LogP contribution in [0.4, 0.5) is 14.5 Å². The Morgan fingerprint density at radius 3 is 2.76 bits per heavy atom. The number of benzene rings is 2. The Labute approximate surface area is 153 Å². The van der Waals surface area contributed by atoms with Crippen LogP contribution < -0.4 is 9.64 Å². The summed E-state index contributed by atoms with van der Waals surface area (Å²) in [6.07, 6.45) is 0. The second-order valence-corrected chi connectivity index (χ2v) is 7.08. The topological polar surface area (TPSA) is 29.5 Å². The zero-order chi connectivity index (χ0) is 18.1. The Bertz CT molecular complexity index is 808. The van der Waals surface area contributed by atoms with Gasteiger partial charge in [0, 0.05) is 0 Å². The van der Waals surface area contributed by atoms with E-state index < -0.39 is 17.0 Å². The van der Waals surface area contributed by atoms with Crippen molar-refractivity contribution in [3.05, 3.63) is 58.1 Å². The van der Waals surface area contributed by atoms with Crippen LogP contribution in [0.25, 0.3) is 0 Å². The summed E-state index contributed by atoms with van der Waals surface area (Å²) in [5.74, 6) is -0.947. The second-order valence-electron chi connectivity index (χ2n) is 5.60. The number of carbonyl (C=O) groups is 1. The maximum atomic E-state index is 14.3. The van der Waals surface area contributed by atoms with Crippen LogP contribution in [-0.4, -0.2) is 18.3 Å². The average Bonchev–Trinajstić information content (AvgIpc) is 2.94. The minimum Gasteiger partial charge on any atom is -0.489 e. The standard InChI is InChI=1S/C18H16ClF2NO2S/c1-3-24-17-13(19)6-11(7-14(17)21)18-22(16(23)9-25-18)15-8-12(20)5-4-10(15)2/h4-8,18H,3,9H2,1-2H3. The minimum absolute atomic E-state index is 0.00396. The van der Waals surface area contributed by atoms with E-state index in [0.29, 0.717) is 17.9 Å². The van der Waals surface area contributed by atoms with Gasteiger partial charge in [0.1, 0.15) is 11.2 Å². The molecule has 0 spiro atoms. The van der Waals surface area contributed by atoms with Crippen molar-refractivity contribution in [1.82, 2.24) is 0 Å². The molecule has 0 aromatic heterocycles. The SMILES string of the molecule is CCOc1c(F)cc(C2SCC(=O)N2c2cc(F)ccc2C)cc1Cl. The fraction of sp³-hybridized carbons (Fsp3) is 0.278. The number of rotatable bonds is 4. The summed E-state index contributed by atoms with van der Waals surface area (Å²) < 4.78 is 33.2. The highest BCUT2D eigenvalue weighted by Gasteiger charge is 2.35. The van der Waals surface area contributed by atoms with Gasteiger partial charge in [0.05, 0.1) is 23.1 Å². The van der Waals surface area contributed by atoms with Gasteiger partial charge < -0.3 is 4.74 Å². The predicted molar refractivity (Wildman–Crippen MR) is 96.4 cm³/mol. The van der Waals surface area contributed by atoms with Gasteiger partial charge in [-0.3, -0.25) is 9.69 Å². The molecule has 1 amide bonds. The molecule has 1 fully saturated rings. The number of carbonyl (C=O) groups excluding carboxylic acids is 1. The molecule has 0 bridgehead atoms. The lowest BCUT2D eigenvalue weighted by atomic mass is 10.1. The largest absolute Gasteiger partial charge is 0.489 e. The van der Waals surface area contributed by atoms with Crippen LogP contribution in [-0.2, 0) is 4.79 Å². The van der Waals surface area contributed by atoms with Crippen molar-refractivity contribution in [3.8, 4) is 5.75 Å². The third-order valence-corrected chi connectivity index (χ3v) is 5.39. The van der Waals surface area contributed by atoms with E-state index >= 15 is 0 Å². The van der Waals surface area contributed by atoms with Crippen LogP contribution in [0.2, 0.25) is 5.02 Å². The molecular weight excluding hydrogens is 368 g/mol. The van der Waals surface area contributed by atoms with Crippen molar-refractivity contribution < 1.29 is 18.3 Å². The Morgan fingerprint density at radius 2 is 2.08 bits per heavy atom. The van der Waals surface area contributed by atoms with Gasteiger partial charge in [-0.05, 0) is 49.2 Å². The molecule has 2 aromatic rings. The monoisotopic (exact) mass is 383 g/mol. The first-order valence-electron chi connectivity index (χ1n) is 7.74. The smallest absolute Gasteiger partial charge is 0.238 e. The Balaban J connectivity index is 2.04. The number of amides is 1. The number of anilines is 1. The highest BCUT2D eigenvalue weighted by molar-refractivity contribution is 8.00. The van der Waals surface area contributed by atoms with Crippen LogP contribution in [0.1, 0.15) is 23.4 Å². The van der Waals surface area contributed by atoms with E-state index in [2.05, 4.69) is 0 Å². The molecule has 0 radical (unpaired) electrons. The van der Waals surface area contributed by atoms with Gasteiger partial charge in [-0.1, -0.05) is 17.7 Å². The van der Waals surface area contributed by atoms with Crippen molar-refractivity contribution in [1.29, 1.82) is 0 Å². The number of hydrogen-bond donors (Lipinski definition) is 0. The van der Waals surface area contributed by atoms with E-state index in [1.54, 1.807) is 26.0 Å². The van der Waals surface area contributed by atoms with Gasteiger partial charge in [-0.25, -0.2) is 8.78 Å². The van der Waals surface area contributed by atoms with Crippen LogP contribution in [0, 0.1) is 18.6 Å². The van der Waals surface area contributed by atoms with Crippen LogP contribution in [0.3, 0.4) is 0 Å².